The quantitative estimate of drug-likeness (QED) is 0.681. The highest BCUT2D eigenvalue weighted by Crippen LogP contribution is 2.39. The number of aromatic nitrogens is 1. The van der Waals surface area contributed by atoms with E-state index in [1.165, 1.54) is 0 Å². The molecule has 5 nitrogen and oxygen atoms in total. The van der Waals surface area contributed by atoms with Gasteiger partial charge in [-0.15, -0.1) is 10.2 Å². The number of carbonyl (C=O) groups is 1. The minimum atomic E-state index is -0.244. The molecular formula is C19H27N3O2. The van der Waals surface area contributed by atoms with Crippen LogP contribution in [0.2, 0.25) is 0 Å². The summed E-state index contributed by atoms with van der Waals surface area (Å²) in [6.07, 6.45) is 3.10. The molecule has 0 atom stereocenters. The third kappa shape index (κ3) is 4.22. The largest absolute Gasteiger partial charge is 0.493 e. The maximum Gasteiger partial charge on any atom is 0.264 e. The highest BCUT2D eigenvalue weighted by Gasteiger charge is 2.17. The van der Waals surface area contributed by atoms with E-state index >= 15 is 0 Å². The van der Waals surface area contributed by atoms with Crippen molar-refractivity contribution in [3.8, 4) is 5.88 Å². The van der Waals surface area contributed by atoms with Crippen molar-refractivity contribution in [3.05, 3.63) is 23.8 Å². The number of nitrogens with zero attached hydrogens (tertiary/aromatic N) is 3. The van der Waals surface area contributed by atoms with E-state index in [1.54, 1.807) is 0 Å². The lowest BCUT2D eigenvalue weighted by molar-refractivity contribution is -0.118. The van der Waals surface area contributed by atoms with Crippen LogP contribution in [0.1, 0.15) is 52.0 Å². The average molecular weight is 329 g/mol. The molecule has 1 aromatic heterocycles. The Hall–Kier alpha value is -2.17. The Balaban J connectivity index is 2.41. The Morgan fingerprint density at radius 1 is 1.33 bits per heavy atom. The van der Waals surface area contributed by atoms with E-state index in [4.69, 9.17) is 0 Å². The van der Waals surface area contributed by atoms with Gasteiger partial charge >= 0.3 is 0 Å². The molecule has 130 valence electrons. The molecule has 0 spiro atoms. The van der Waals surface area contributed by atoms with Gasteiger partial charge in [0.2, 0.25) is 5.88 Å². The van der Waals surface area contributed by atoms with Gasteiger partial charge in [-0.05, 0) is 37.8 Å². The molecule has 0 aliphatic carbocycles. The van der Waals surface area contributed by atoms with Gasteiger partial charge in [-0.3, -0.25) is 4.79 Å². The molecule has 1 amide bonds. The summed E-state index contributed by atoms with van der Waals surface area (Å²) >= 11 is 0. The van der Waals surface area contributed by atoms with Crippen molar-refractivity contribution in [2.45, 2.75) is 59.9 Å². The van der Waals surface area contributed by atoms with Gasteiger partial charge in [-0.2, -0.15) is 0 Å². The molecule has 0 bridgehead atoms. The van der Waals surface area contributed by atoms with Crippen LogP contribution >= 0.6 is 0 Å². The lowest BCUT2D eigenvalue weighted by Crippen LogP contribution is -2.00. The molecule has 1 heterocycles. The van der Waals surface area contributed by atoms with E-state index in [0.717, 1.165) is 35.7 Å². The predicted molar refractivity (Wildman–Crippen MR) is 96.8 cm³/mol. The number of aryl methyl sites for hydroxylation is 2. The zero-order valence-corrected chi connectivity index (χ0v) is 15.0. The fourth-order valence-corrected chi connectivity index (χ4v) is 2.63. The molecule has 0 aliphatic heterocycles. The SMILES string of the molecule is CCCCC(=O)N=Nc1c(O)n(CCC(C)C)c2ccc(C)cc12. The predicted octanol–water partition coefficient (Wildman–Crippen LogP) is 5.50. The van der Waals surface area contributed by atoms with E-state index in [9.17, 15) is 9.90 Å². The minimum Gasteiger partial charge on any atom is -0.493 e. The summed E-state index contributed by atoms with van der Waals surface area (Å²) in [5, 5.41) is 19.3. The van der Waals surface area contributed by atoms with Gasteiger partial charge < -0.3 is 9.67 Å². The van der Waals surface area contributed by atoms with Crippen LogP contribution in [0.4, 0.5) is 5.69 Å². The first-order valence-corrected chi connectivity index (χ1v) is 8.70. The van der Waals surface area contributed by atoms with Gasteiger partial charge in [-0.25, -0.2) is 0 Å². The first-order chi connectivity index (χ1) is 11.4. The Kier molecular flexibility index (Phi) is 6.12. The van der Waals surface area contributed by atoms with Crippen LogP contribution in [0.15, 0.2) is 28.4 Å². The Labute approximate surface area is 143 Å². The number of benzene rings is 1. The highest BCUT2D eigenvalue weighted by atomic mass is 16.3. The lowest BCUT2D eigenvalue weighted by Gasteiger charge is -2.09. The van der Waals surface area contributed by atoms with Crippen LogP contribution < -0.4 is 0 Å². The Morgan fingerprint density at radius 3 is 2.75 bits per heavy atom. The third-order valence-electron chi connectivity index (χ3n) is 4.10. The second-order valence-corrected chi connectivity index (χ2v) is 6.72. The molecular weight excluding hydrogens is 302 g/mol. The first kappa shape index (κ1) is 18.2. The Morgan fingerprint density at radius 2 is 2.08 bits per heavy atom. The van der Waals surface area contributed by atoms with E-state index < -0.39 is 0 Å². The number of carbonyl (C=O) groups excluding carboxylic acids is 1. The minimum absolute atomic E-state index is 0.0864. The number of aromatic hydroxyl groups is 1. The second-order valence-electron chi connectivity index (χ2n) is 6.72. The molecule has 0 saturated heterocycles. The molecule has 0 radical (unpaired) electrons. The van der Waals surface area contributed by atoms with Gasteiger partial charge in [0, 0.05) is 18.4 Å². The van der Waals surface area contributed by atoms with Gasteiger partial charge in [0.05, 0.1) is 5.52 Å². The van der Waals surface area contributed by atoms with Crippen molar-refractivity contribution >= 4 is 22.5 Å². The Bertz CT molecular complexity index is 745. The number of azo groups is 1. The van der Waals surface area contributed by atoms with E-state index in [-0.39, 0.29) is 11.8 Å². The summed E-state index contributed by atoms with van der Waals surface area (Å²) in [7, 11) is 0. The highest BCUT2D eigenvalue weighted by molar-refractivity contribution is 5.95. The average Bonchev–Trinajstić information content (AvgIpc) is 2.79. The van der Waals surface area contributed by atoms with Gasteiger partial charge in [0.25, 0.3) is 5.91 Å². The second kappa shape index (κ2) is 8.08. The van der Waals surface area contributed by atoms with E-state index in [1.807, 2.05) is 36.6 Å². The summed E-state index contributed by atoms with van der Waals surface area (Å²) in [6.45, 7) is 9.04. The summed E-state index contributed by atoms with van der Waals surface area (Å²) < 4.78 is 1.86. The maximum atomic E-state index is 11.8. The molecule has 2 aromatic rings. The van der Waals surface area contributed by atoms with Gasteiger partial charge in [-0.1, -0.05) is 38.8 Å². The van der Waals surface area contributed by atoms with Crippen molar-refractivity contribution in [2.24, 2.45) is 16.1 Å². The zero-order chi connectivity index (χ0) is 17.7. The summed E-state index contributed by atoms with van der Waals surface area (Å²) in [6, 6.07) is 5.98. The smallest absolute Gasteiger partial charge is 0.264 e. The van der Waals surface area contributed by atoms with Crippen LogP contribution in [0.25, 0.3) is 10.9 Å². The standard InChI is InChI=1S/C19H27N3O2/c1-5-6-7-17(23)20-21-18-15-12-14(4)8-9-16(15)22(19(18)24)11-10-13(2)3/h8-9,12-13,24H,5-7,10-11H2,1-4H3. The van der Waals surface area contributed by atoms with Gasteiger partial charge in [0.1, 0.15) is 0 Å². The number of fused-ring (bicyclic) bond motifs is 1. The van der Waals surface area contributed by atoms with Crippen LogP contribution in [0.5, 0.6) is 5.88 Å². The van der Waals surface area contributed by atoms with Crippen molar-refractivity contribution in [3.63, 3.8) is 0 Å². The van der Waals surface area contributed by atoms with E-state index in [0.29, 0.717) is 24.6 Å². The molecule has 0 saturated carbocycles. The summed E-state index contributed by atoms with van der Waals surface area (Å²) in [4.78, 5) is 11.8. The fraction of sp³-hybridized carbons (Fsp3) is 0.526. The summed E-state index contributed by atoms with van der Waals surface area (Å²) in [5.41, 5.74) is 2.40. The first-order valence-electron chi connectivity index (χ1n) is 8.70. The normalized spacial score (nSPS) is 11.9. The number of hydrogen-bond donors (Lipinski definition) is 1. The van der Waals surface area contributed by atoms with Crippen molar-refractivity contribution in [1.82, 2.24) is 4.57 Å². The van der Waals surface area contributed by atoms with Crippen LogP contribution in [-0.2, 0) is 11.3 Å². The van der Waals surface area contributed by atoms with Crippen molar-refractivity contribution in [2.75, 3.05) is 0 Å². The summed E-state index contributed by atoms with van der Waals surface area (Å²) in [5.74, 6) is 0.378. The zero-order valence-electron chi connectivity index (χ0n) is 15.0. The van der Waals surface area contributed by atoms with Crippen molar-refractivity contribution in [1.29, 1.82) is 0 Å². The molecule has 24 heavy (non-hydrogen) atoms. The molecule has 0 unspecified atom stereocenters. The van der Waals surface area contributed by atoms with Crippen LogP contribution in [-0.4, -0.2) is 15.6 Å². The molecule has 1 N–H and O–H groups in total. The monoisotopic (exact) mass is 329 g/mol. The molecule has 2 rings (SSSR count). The topological polar surface area (TPSA) is 66.9 Å². The fourth-order valence-electron chi connectivity index (χ4n) is 2.63. The van der Waals surface area contributed by atoms with Crippen LogP contribution in [0.3, 0.4) is 0 Å². The number of amides is 1. The van der Waals surface area contributed by atoms with Crippen LogP contribution in [0, 0.1) is 12.8 Å². The third-order valence-corrected chi connectivity index (χ3v) is 4.10. The van der Waals surface area contributed by atoms with E-state index in [2.05, 4.69) is 24.1 Å². The molecule has 5 heteroatoms. The lowest BCUT2D eigenvalue weighted by atomic mass is 10.1. The number of unbranched alkanes of at least 4 members (excludes halogenated alkanes) is 1. The van der Waals surface area contributed by atoms with Gasteiger partial charge in [0.15, 0.2) is 5.69 Å². The van der Waals surface area contributed by atoms with Crippen molar-refractivity contribution < 1.29 is 9.90 Å². The molecule has 0 aliphatic rings. The molecule has 1 aromatic carbocycles. The maximum absolute atomic E-state index is 11.8. The number of rotatable bonds is 7. The number of hydrogen-bond acceptors (Lipinski definition) is 3. The molecule has 0 fully saturated rings.